The Kier molecular flexibility index (Phi) is 59.7. The number of aliphatic hydroxyl groups excluding tert-OH is 5. The molecule has 1 saturated heterocycles. The van der Waals surface area contributed by atoms with E-state index in [1.807, 2.05) is 6.08 Å². The number of nitrogens with one attached hydrogen (secondary N) is 1. The SMILES string of the molecule is CCCCC/C=C\C/C=C\C/C=C\CCCCCCCCCCCCC(=O)OC1C(OCC(NC(=O)C(O)CCCCCCCCCCCCCC/C=C\C/C=C\CCCCC)C(O)/C=C/CCCCCCCCCCCCC)OC(CO)C(O)C1O. The van der Waals surface area contributed by atoms with Crippen LogP contribution in [-0.2, 0) is 23.8 Å². The second-order valence-corrected chi connectivity index (χ2v) is 25.3. The zero-order chi connectivity index (χ0) is 63.1. The molecule has 0 aromatic heterocycles. The van der Waals surface area contributed by atoms with E-state index in [4.69, 9.17) is 14.2 Å². The van der Waals surface area contributed by atoms with Crippen molar-refractivity contribution in [2.24, 2.45) is 0 Å². The van der Waals surface area contributed by atoms with Crippen LogP contribution in [0.4, 0.5) is 0 Å². The van der Waals surface area contributed by atoms with Crippen molar-refractivity contribution in [1.82, 2.24) is 5.32 Å². The van der Waals surface area contributed by atoms with Crippen molar-refractivity contribution in [3.05, 3.63) is 72.9 Å². The number of hydrogen-bond acceptors (Lipinski definition) is 10. The fourth-order valence-corrected chi connectivity index (χ4v) is 11.3. The van der Waals surface area contributed by atoms with Crippen LogP contribution in [0.3, 0.4) is 0 Å². The predicted octanol–water partition coefficient (Wildman–Crippen LogP) is 19.1. The van der Waals surface area contributed by atoms with Gasteiger partial charge < -0.3 is 45.1 Å². The molecule has 0 saturated carbocycles. The minimum Gasteiger partial charge on any atom is -0.454 e. The molecular weight excluding hydrogens is 1090 g/mol. The van der Waals surface area contributed by atoms with E-state index >= 15 is 0 Å². The standard InChI is InChI=1S/C76H137NO10/c1-4-7-10-13-16-19-22-25-27-29-31-33-35-37-39-41-43-46-49-52-55-58-61-64-71(81)87-74-73(83)72(82)70(65-78)86-76(74)85-66-67(68(79)62-59-56-53-50-47-44-24-21-18-15-12-9-6-3)77-75(84)69(80)63-60-57-54-51-48-45-42-40-38-36-34-32-30-28-26-23-20-17-14-11-8-5-2/h16-17,19-20,25-28,31,33,59,62,67-70,72-74,76,78-80,82-83H,4-15,18,21-24,29-30,32,34-58,60-61,63-66H2,1-3H3,(H,77,84)/b19-16-,20-17-,27-25-,28-26-,33-31-,62-59+. The minimum atomic E-state index is -1.62. The van der Waals surface area contributed by atoms with Gasteiger partial charge in [0.2, 0.25) is 5.91 Å². The Bertz CT molecular complexity index is 1690. The van der Waals surface area contributed by atoms with Crippen LogP contribution in [0.2, 0.25) is 0 Å². The highest BCUT2D eigenvalue weighted by Crippen LogP contribution is 2.26. The van der Waals surface area contributed by atoms with Gasteiger partial charge in [0.15, 0.2) is 12.4 Å². The number of ether oxygens (including phenoxy) is 3. The van der Waals surface area contributed by atoms with Gasteiger partial charge in [0.1, 0.15) is 24.4 Å². The summed E-state index contributed by atoms with van der Waals surface area (Å²) in [6.07, 6.45) is 72.2. The Labute approximate surface area is 534 Å². The second kappa shape index (κ2) is 63.3. The third-order valence-electron chi connectivity index (χ3n) is 17.1. The van der Waals surface area contributed by atoms with E-state index in [1.165, 1.54) is 205 Å². The summed E-state index contributed by atoms with van der Waals surface area (Å²) in [6.45, 7) is 5.78. The Balaban J connectivity index is 2.58. The fraction of sp³-hybridized carbons (Fsp3) is 0.816. The molecule has 0 radical (unpaired) electrons. The molecule has 6 N–H and O–H groups in total. The molecule has 1 rings (SSSR count). The summed E-state index contributed by atoms with van der Waals surface area (Å²) in [4.78, 5) is 26.7. The first-order chi connectivity index (χ1) is 42.7. The highest BCUT2D eigenvalue weighted by atomic mass is 16.7. The van der Waals surface area contributed by atoms with E-state index in [9.17, 15) is 35.1 Å². The Hall–Kier alpha value is -2.90. The number of hydrogen-bond donors (Lipinski definition) is 6. The van der Waals surface area contributed by atoms with Crippen molar-refractivity contribution < 1.29 is 49.3 Å². The molecule has 8 unspecified atom stereocenters. The van der Waals surface area contributed by atoms with Crippen LogP contribution >= 0.6 is 0 Å². The number of amides is 1. The summed E-state index contributed by atoms with van der Waals surface area (Å²) in [5.41, 5.74) is 0. The zero-order valence-corrected chi connectivity index (χ0v) is 56.4. The van der Waals surface area contributed by atoms with Crippen molar-refractivity contribution in [2.45, 2.75) is 384 Å². The molecule has 87 heavy (non-hydrogen) atoms. The molecule has 0 bridgehead atoms. The lowest BCUT2D eigenvalue weighted by atomic mass is 9.99. The zero-order valence-electron chi connectivity index (χ0n) is 56.4. The largest absolute Gasteiger partial charge is 0.454 e. The number of carbonyl (C=O) groups excluding carboxylic acids is 2. The topological polar surface area (TPSA) is 175 Å². The average molecular weight is 1220 g/mol. The maximum Gasteiger partial charge on any atom is 0.306 e. The van der Waals surface area contributed by atoms with Crippen molar-refractivity contribution in [1.29, 1.82) is 0 Å². The van der Waals surface area contributed by atoms with Crippen molar-refractivity contribution >= 4 is 11.9 Å². The summed E-state index contributed by atoms with van der Waals surface area (Å²) in [7, 11) is 0. The average Bonchev–Trinajstić information content (AvgIpc) is 2.32. The van der Waals surface area contributed by atoms with Crippen LogP contribution in [0.25, 0.3) is 0 Å². The van der Waals surface area contributed by atoms with Gasteiger partial charge in [-0.15, -0.1) is 0 Å². The molecule has 0 aliphatic carbocycles. The number of unbranched alkanes of at least 4 members (excludes halogenated alkanes) is 39. The highest BCUT2D eigenvalue weighted by Gasteiger charge is 2.47. The molecule has 11 nitrogen and oxygen atoms in total. The van der Waals surface area contributed by atoms with E-state index in [0.29, 0.717) is 12.8 Å². The minimum absolute atomic E-state index is 0.118. The number of rotatable bonds is 63. The summed E-state index contributed by atoms with van der Waals surface area (Å²) in [5, 5.41) is 57.3. The molecule has 8 atom stereocenters. The number of allylic oxidation sites excluding steroid dienone is 11. The van der Waals surface area contributed by atoms with Crippen LogP contribution in [0, 0.1) is 0 Å². The van der Waals surface area contributed by atoms with Gasteiger partial charge in [0.05, 0.1) is 25.4 Å². The van der Waals surface area contributed by atoms with E-state index in [0.717, 1.165) is 83.5 Å². The van der Waals surface area contributed by atoms with Gasteiger partial charge >= 0.3 is 5.97 Å². The first-order valence-corrected chi connectivity index (χ1v) is 36.7. The molecular formula is C76H137NO10. The smallest absolute Gasteiger partial charge is 0.306 e. The Morgan fingerprint density at radius 2 is 0.793 bits per heavy atom. The van der Waals surface area contributed by atoms with Gasteiger partial charge in [-0.3, -0.25) is 9.59 Å². The normalized spacial score (nSPS) is 18.6. The monoisotopic (exact) mass is 1220 g/mol. The van der Waals surface area contributed by atoms with Crippen LogP contribution < -0.4 is 5.32 Å². The summed E-state index contributed by atoms with van der Waals surface area (Å²) in [6, 6.07) is -1.03. The third-order valence-corrected chi connectivity index (χ3v) is 17.1. The van der Waals surface area contributed by atoms with Crippen LogP contribution in [0.5, 0.6) is 0 Å². The summed E-state index contributed by atoms with van der Waals surface area (Å²) in [5.74, 6) is -1.19. The molecule has 1 aliphatic rings. The van der Waals surface area contributed by atoms with Gasteiger partial charge in [-0.05, 0) is 96.3 Å². The number of aliphatic hydroxyl groups is 5. The molecule has 1 fully saturated rings. The lowest BCUT2D eigenvalue weighted by Gasteiger charge is -2.41. The van der Waals surface area contributed by atoms with Crippen molar-refractivity contribution in [2.75, 3.05) is 13.2 Å². The first-order valence-electron chi connectivity index (χ1n) is 36.7. The molecule has 11 heteroatoms. The van der Waals surface area contributed by atoms with E-state index < -0.39 is 67.4 Å². The van der Waals surface area contributed by atoms with Gasteiger partial charge in [0.25, 0.3) is 0 Å². The molecule has 1 heterocycles. The molecule has 0 aromatic rings. The molecule has 506 valence electrons. The molecule has 1 aliphatic heterocycles. The maximum atomic E-state index is 13.5. The number of carbonyl (C=O) groups is 2. The first kappa shape index (κ1) is 82.1. The van der Waals surface area contributed by atoms with E-state index in [-0.39, 0.29) is 19.4 Å². The van der Waals surface area contributed by atoms with E-state index in [2.05, 4.69) is 86.8 Å². The second-order valence-electron chi connectivity index (χ2n) is 25.3. The van der Waals surface area contributed by atoms with Crippen LogP contribution in [0.1, 0.15) is 335 Å². The highest BCUT2D eigenvalue weighted by molar-refractivity contribution is 5.80. The molecule has 1 amide bonds. The maximum absolute atomic E-state index is 13.5. The summed E-state index contributed by atoms with van der Waals surface area (Å²) >= 11 is 0. The summed E-state index contributed by atoms with van der Waals surface area (Å²) < 4.78 is 17.7. The van der Waals surface area contributed by atoms with Gasteiger partial charge in [-0.25, -0.2) is 0 Å². The van der Waals surface area contributed by atoms with Gasteiger partial charge in [0, 0.05) is 6.42 Å². The van der Waals surface area contributed by atoms with Crippen LogP contribution in [0.15, 0.2) is 72.9 Å². The lowest BCUT2D eigenvalue weighted by molar-refractivity contribution is -0.305. The van der Waals surface area contributed by atoms with Crippen molar-refractivity contribution in [3.63, 3.8) is 0 Å². The van der Waals surface area contributed by atoms with E-state index in [1.54, 1.807) is 6.08 Å². The van der Waals surface area contributed by atoms with Crippen LogP contribution in [-0.4, -0.2) is 99.6 Å². The van der Waals surface area contributed by atoms with Crippen molar-refractivity contribution in [3.8, 4) is 0 Å². The quantitative estimate of drug-likeness (QED) is 0.0195. The number of esters is 1. The third kappa shape index (κ3) is 50.4. The van der Waals surface area contributed by atoms with Gasteiger partial charge in [-0.2, -0.15) is 0 Å². The predicted molar refractivity (Wildman–Crippen MR) is 366 cm³/mol. The molecule has 0 aromatic carbocycles. The van der Waals surface area contributed by atoms with Gasteiger partial charge in [-0.1, -0.05) is 306 Å². The lowest BCUT2D eigenvalue weighted by Crippen LogP contribution is -2.61. The Morgan fingerprint density at radius 1 is 0.448 bits per heavy atom. The molecule has 0 spiro atoms. The Morgan fingerprint density at radius 3 is 1.21 bits per heavy atom. The fourth-order valence-electron chi connectivity index (χ4n) is 11.3.